The maximum Gasteiger partial charge on any atom is 0.311 e. The van der Waals surface area contributed by atoms with Crippen molar-refractivity contribution < 1.29 is 19.4 Å². The highest BCUT2D eigenvalue weighted by molar-refractivity contribution is 7.13. The first-order valence-electron chi connectivity index (χ1n) is 7.50. The molecule has 0 unspecified atom stereocenters. The van der Waals surface area contributed by atoms with Crippen molar-refractivity contribution in [2.45, 2.75) is 26.2 Å². The Hall–Kier alpha value is -1.47. The molecule has 22 heavy (non-hydrogen) atoms. The summed E-state index contributed by atoms with van der Waals surface area (Å²) in [5.41, 5.74) is -0.848. The minimum atomic E-state index is -0.848. The number of likely N-dealkylation sites (tertiary alicyclic amines) is 1. The van der Waals surface area contributed by atoms with E-state index >= 15 is 0 Å². The molecule has 7 heteroatoms. The van der Waals surface area contributed by atoms with Gasteiger partial charge in [0.05, 0.1) is 23.2 Å². The highest BCUT2D eigenvalue weighted by Gasteiger charge is 2.55. The second-order valence-corrected chi connectivity index (χ2v) is 7.45. The Morgan fingerprint density at radius 2 is 2.32 bits per heavy atom. The van der Waals surface area contributed by atoms with Gasteiger partial charge in [0.1, 0.15) is 4.88 Å². The van der Waals surface area contributed by atoms with Crippen LogP contribution < -0.4 is 0 Å². The van der Waals surface area contributed by atoms with Crippen LogP contribution in [0.3, 0.4) is 0 Å². The third-order valence-corrected chi connectivity index (χ3v) is 5.93. The lowest BCUT2D eigenvalue weighted by atomic mass is 9.74. The molecule has 0 radical (unpaired) electrons. The molecule has 2 atom stereocenters. The lowest BCUT2D eigenvalue weighted by molar-refractivity contribution is -0.157. The van der Waals surface area contributed by atoms with Crippen LogP contribution in [0.5, 0.6) is 0 Å². The molecule has 2 fully saturated rings. The highest BCUT2D eigenvalue weighted by atomic mass is 32.1. The number of fused-ring (bicyclic) bond motifs is 1. The molecule has 1 aromatic rings. The fraction of sp³-hybridized carbons (Fsp3) is 0.667. The van der Waals surface area contributed by atoms with E-state index in [-0.39, 0.29) is 24.3 Å². The normalized spacial score (nSPS) is 28.0. The summed E-state index contributed by atoms with van der Waals surface area (Å²) in [6, 6.07) is 0. The summed E-state index contributed by atoms with van der Waals surface area (Å²) in [5, 5.41) is 10.6. The van der Waals surface area contributed by atoms with E-state index < -0.39 is 11.4 Å². The topological polar surface area (TPSA) is 79.7 Å². The van der Waals surface area contributed by atoms with Crippen molar-refractivity contribution in [2.75, 3.05) is 26.3 Å². The zero-order chi connectivity index (χ0) is 15.9. The van der Waals surface area contributed by atoms with E-state index in [1.807, 2.05) is 13.8 Å². The Kier molecular flexibility index (Phi) is 3.94. The third-order valence-electron chi connectivity index (χ3n) is 4.65. The van der Waals surface area contributed by atoms with Crippen molar-refractivity contribution in [3.8, 4) is 0 Å². The average molecular weight is 324 g/mol. The maximum atomic E-state index is 12.7. The summed E-state index contributed by atoms with van der Waals surface area (Å²) in [4.78, 5) is 30.9. The SMILES string of the molecule is CC(C)c1ncc(C(=O)N2C[C@H]3COCC[C@@]3(C(=O)O)C2)s1. The third kappa shape index (κ3) is 2.42. The van der Waals surface area contributed by atoms with Crippen molar-refractivity contribution in [3.63, 3.8) is 0 Å². The van der Waals surface area contributed by atoms with Gasteiger partial charge in [-0.2, -0.15) is 0 Å². The van der Waals surface area contributed by atoms with Crippen LogP contribution >= 0.6 is 11.3 Å². The standard InChI is InChI=1S/C15H20N2O4S/c1-9(2)12-16-5-11(22-12)13(18)17-6-10-7-21-4-3-15(10,8-17)14(19)20/h5,9-10H,3-4,6-8H2,1-2H3,(H,19,20)/t10-,15+/m0/s1. The number of aromatic nitrogens is 1. The molecule has 0 aliphatic carbocycles. The maximum absolute atomic E-state index is 12.7. The Morgan fingerprint density at radius 3 is 2.91 bits per heavy atom. The van der Waals surface area contributed by atoms with Crippen molar-refractivity contribution in [1.82, 2.24) is 9.88 Å². The van der Waals surface area contributed by atoms with Gasteiger partial charge in [-0.25, -0.2) is 4.98 Å². The molecule has 2 aliphatic rings. The van der Waals surface area contributed by atoms with E-state index in [1.165, 1.54) is 11.3 Å². The summed E-state index contributed by atoms with van der Waals surface area (Å²) in [5.74, 6) is -0.769. The number of carboxylic acid groups (broad SMARTS) is 1. The van der Waals surface area contributed by atoms with Crippen LogP contribution in [0.2, 0.25) is 0 Å². The van der Waals surface area contributed by atoms with E-state index in [4.69, 9.17) is 4.74 Å². The number of hydrogen-bond acceptors (Lipinski definition) is 5. The number of carbonyl (C=O) groups is 2. The summed E-state index contributed by atoms with van der Waals surface area (Å²) in [6.07, 6.45) is 2.07. The number of carbonyl (C=O) groups excluding carboxylic acids is 1. The molecular formula is C15H20N2O4S. The molecule has 0 saturated carbocycles. The molecule has 2 saturated heterocycles. The fourth-order valence-corrected chi connectivity index (χ4v) is 4.15. The second-order valence-electron chi connectivity index (χ2n) is 6.39. The molecule has 120 valence electrons. The van der Waals surface area contributed by atoms with Crippen LogP contribution in [0.25, 0.3) is 0 Å². The van der Waals surface area contributed by atoms with Crippen molar-refractivity contribution in [3.05, 3.63) is 16.1 Å². The fourth-order valence-electron chi connectivity index (χ4n) is 3.26. The Morgan fingerprint density at radius 1 is 1.55 bits per heavy atom. The van der Waals surface area contributed by atoms with Gasteiger partial charge in [-0.15, -0.1) is 11.3 Å². The van der Waals surface area contributed by atoms with Gasteiger partial charge < -0.3 is 14.7 Å². The monoisotopic (exact) mass is 324 g/mol. The summed E-state index contributed by atoms with van der Waals surface area (Å²) in [7, 11) is 0. The number of ether oxygens (including phenoxy) is 1. The van der Waals surface area contributed by atoms with Crippen LogP contribution in [0, 0.1) is 11.3 Å². The van der Waals surface area contributed by atoms with Crippen molar-refractivity contribution in [1.29, 1.82) is 0 Å². The first kappa shape index (κ1) is 15.4. The van der Waals surface area contributed by atoms with E-state index in [1.54, 1.807) is 11.1 Å². The molecule has 1 N–H and O–H groups in total. The Bertz CT molecular complexity index is 600. The zero-order valence-electron chi connectivity index (χ0n) is 12.7. The molecule has 0 bridgehead atoms. The minimum absolute atomic E-state index is 0.112. The van der Waals surface area contributed by atoms with Crippen LogP contribution in [-0.2, 0) is 9.53 Å². The van der Waals surface area contributed by atoms with Gasteiger partial charge in [0.15, 0.2) is 0 Å². The van der Waals surface area contributed by atoms with Crippen LogP contribution in [0.4, 0.5) is 0 Å². The predicted octanol–water partition coefficient (Wildman–Crippen LogP) is 1.83. The van der Waals surface area contributed by atoms with Gasteiger partial charge in [0.25, 0.3) is 5.91 Å². The van der Waals surface area contributed by atoms with Crippen LogP contribution in [0.1, 0.15) is 40.9 Å². The highest BCUT2D eigenvalue weighted by Crippen LogP contribution is 2.43. The minimum Gasteiger partial charge on any atom is -0.481 e. The largest absolute Gasteiger partial charge is 0.481 e. The molecule has 1 amide bonds. The Labute approximate surface area is 133 Å². The molecule has 1 aromatic heterocycles. The molecule has 3 rings (SSSR count). The van der Waals surface area contributed by atoms with E-state index in [2.05, 4.69) is 4.98 Å². The number of thiazole rings is 1. The first-order valence-corrected chi connectivity index (χ1v) is 8.32. The predicted molar refractivity (Wildman–Crippen MR) is 81.1 cm³/mol. The summed E-state index contributed by atoms with van der Waals surface area (Å²) < 4.78 is 5.42. The van der Waals surface area contributed by atoms with Crippen molar-refractivity contribution in [2.24, 2.45) is 11.3 Å². The Balaban J connectivity index is 1.81. The zero-order valence-corrected chi connectivity index (χ0v) is 13.6. The number of aliphatic carboxylic acids is 1. The molecular weight excluding hydrogens is 304 g/mol. The molecule has 3 heterocycles. The van der Waals surface area contributed by atoms with Crippen LogP contribution in [0.15, 0.2) is 6.20 Å². The smallest absolute Gasteiger partial charge is 0.311 e. The number of rotatable bonds is 3. The molecule has 6 nitrogen and oxygen atoms in total. The number of nitrogens with zero attached hydrogens (tertiary/aromatic N) is 2. The first-order chi connectivity index (χ1) is 10.4. The summed E-state index contributed by atoms with van der Waals surface area (Å²) >= 11 is 1.40. The van der Waals surface area contributed by atoms with E-state index in [9.17, 15) is 14.7 Å². The molecule has 0 aromatic carbocycles. The quantitative estimate of drug-likeness (QED) is 0.917. The average Bonchev–Trinajstić information content (AvgIpc) is 3.11. The molecule has 0 spiro atoms. The molecule has 2 aliphatic heterocycles. The lowest BCUT2D eigenvalue weighted by Gasteiger charge is -2.33. The van der Waals surface area contributed by atoms with Crippen LogP contribution in [-0.4, -0.2) is 53.2 Å². The van der Waals surface area contributed by atoms with Crippen molar-refractivity contribution >= 4 is 23.2 Å². The van der Waals surface area contributed by atoms with E-state index in [0.717, 1.165) is 5.01 Å². The number of hydrogen-bond donors (Lipinski definition) is 1. The lowest BCUT2D eigenvalue weighted by Crippen LogP contribution is -2.45. The van der Waals surface area contributed by atoms with E-state index in [0.29, 0.717) is 31.1 Å². The van der Waals surface area contributed by atoms with Gasteiger partial charge in [-0.1, -0.05) is 13.8 Å². The van der Waals surface area contributed by atoms with Gasteiger partial charge in [-0.3, -0.25) is 9.59 Å². The van der Waals surface area contributed by atoms with Gasteiger partial charge in [0.2, 0.25) is 0 Å². The number of amides is 1. The summed E-state index contributed by atoms with van der Waals surface area (Å²) in [6.45, 7) is 5.64. The second kappa shape index (κ2) is 5.62. The number of carboxylic acids is 1. The van der Waals surface area contributed by atoms with Gasteiger partial charge >= 0.3 is 5.97 Å². The van der Waals surface area contributed by atoms with Gasteiger partial charge in [0, 0.05) is 31.5 Å². The van der Waals surface area contributed by atoms with Gasteiger partial charge in [-0.05, 0) is 6.42 Å².